The molecule has 0 aliphatic heterocycles. The van der Waals surface area contributed by atoms with E-state index in [0.717, 1.165) is 17.8 Å². The fraction of sp³-hybridized carbons (Fsp3) is 0.886. The Morgan fingerprint density at radius 1 is 0.333 bits per heavy atom. The molecule has 0 rings (SSSR count). The lowest BCUT2D eigenvalue weighted by Crippen LogP contribution is -2.39. The fourth-order valence-corrected chi connectivity index (χ4v) is 6.92. The number of hydrogen-bond donors (Lipinski definition) is 0. The van der Waals surface area contributed by atoms with Gasteiger partial charge in [-0.15, -0.1) is 0 Å². The van der Waals surface area contributed by atoms with Gasteiger partial charge >= 0.3 is 0 Å². The zero-order chi connectivity index (χ0) is 29.2. The van der Waals surface area contributed by atoms with E-state index in [-0.39, 0.29) is 0 Å². The van der Waals surface area contributed by atoms with Gasteiger partial charge in [-0.2, -0.15) is 0 Å². The first-order valence-electron chi connectivity index (χ1n) is 15.5. The van der Waals surface area contributed by atoms with E-state index in [0.29, 0.717) is 47.6 Å². The number of nitrogens with zero attached hydrogens (tertiary/aromatic N) is 1. The molecule has 0 spiro atoms. The lowest BCUT2D eigenvalue weighted by atomic mass is 9.70. The summed E-state index contributed by atoms with van der Waals surface area (Å²) in [5.74, 6) is 6.04. The molecule has 0 aromatic carbocycles. The van der Waals surface area contributed by atoms with Crippen LogP contribution in [0, 0.1) is 53.3 Å². The highest BCUT2D eigenvalue weighted by Crippen LogP contribution is 2.39. The quantitative estimate of drug-likeness (QED) is 0.238. The highest BCUT2D eigenvalue weighted by atomic mass is 15.2. The van der Waals surface area contributed by atoms with Gasteiger partial charge in [0.25, 0.3) is 0 Å². The van der Waals surface area contributed by atoms with Crippen molar-refractivity contribution < 1.29 is 0 Å². The summed E-state index contributed by atoms with van der Waals surface area (Å²) in [6.07, 6.45) is 0. The van der Waals surface area contributed by atoms with Gasteiger partial charge in [-0.25, -0.2) is 0 Å². The van der Waals surface area contributed by atoms with E-state index in [9.17, 15) is 0 Å². The lowest BCUT2D eigenvalue weighted by Gasteiger charge is -2.40. The van der Waals surface area contributed by atoms with E-state index in [1.165, 1.54) is 0 Å². The largest absolute Gasteiger partial charge is 0.370 e. The van der Waals surface area contributed by atoms with E-state index in [1.54, 1.807) is 22.4 Å². The van der Waals surface area contributed by atoms with Gasteiger partial charge in [-0.1, -0.05) is 122 Å². The molecule has 0 N–H and O–H groups in total. The van der Waals surface area contributed by atoms with Gasteiger partial charge in [-0.05, 0) is 86.5 Å². The van der Waals surface area contributed by atoms with Crippen molar-refractivity contribution in [3.05, 3.63) is 22.4 Å². The van der Waals surface area contributed by atoms with Crippen LogP contribution in [0.5, 0.6) is 0 Å². The standard InChI is InChI=1S/C18H36.C17H35N/c1-11(2)16(12(3)4)18(15(9)10)17(13(5)6)14(7)8;1-11(2)16(12(3)4)17(13(5)6)18(14(7)8)15(9)10/h11-16H,1-10H3;11-15H,1-10H3. The molecule has 216 valence electrons. The molecule has 0 heterocycles. The maximum Gasteiger partial charge on any atom is 0.0233 e. The molecule has 0 aliphatic carbocycles. The van der Waals surface area contributed by atoms with E-state index >= 15 is 0 Å². The summed E-state index contributed by atoms with van der Waals surface area (Å²) in [7, 11) is 0. The molecule has 0 aliphatic rings. The van der Waals surface area contributed by atoms with Gasteiger partial charge in [0, 0.05) is 17.8 Å². The van der Waals surface area contributed by atoms with Crippen molar-refractivity contribution in [3.8, 4) is 0 Å². The minimum Gasteiger partial charge on any atom is -0.370 e. The van der Waals surface area contributed by atoms with E-state index in [2.05, 4.69) is 143 Å². The molecule has 0 aromatic heterocycles. The minimum atomic E-state index is 0.565. The van der Waals surface area contributed by atoms with Gasteiger partial charge in [0.05, 0.1) is 0 Å². The van der Waals surface area contributed by atoms with Crippen molar-refractivity contribution in [2.75, 3.05) is 0 Å². The molecule has 0 aromatic rings. The Hall–Kier alpha value is -0.720. The second kappa shape index (κ2) is 17.0. The maximum atomic E-state index is 2.61. The topological polar surface area (TPSA) is 3.24 Å². The van der Waals surface area contributed by atoms with Crippen LogP contribution >= 0.6 is 0 Å². The Labute approximate surface area is 231 Å². The first-order valence-corrected chi connectivity index (χ1v) is 15.5. The zero-order valence-corrected chi connectivity index (χ0v) is 28.8. The van der Waals surface area contributed by atoms with Crippen LogP contribution in [0.15, 0.2) is 22.4 Å². The molecule has 0 unspecified atom stereocenters. The van der Waals surface area contributed by atoms with Gasteiger partial charge in [0.1, 0.15) is 0 Å². The predicted octanol–water partition coefficient (Wildman–Crippen LogP) is 11.5. The molecule has 0 fully saturated rings. The second-order valence-corrected chi connectivity index (χ2v) is 14.3. The van der Waals surface area contributed by atoms with Crippen molar-refractivity contribution in [1.82, 2.24) is 4.90 Å². The van der Waals surface area contributed by atoms with Crippen LogP contribution in [-0.4, -0.2) is 17.0 Å². The van der Waals surface area contributed by atoms with Gasteiger partial charge < -0.3 is 4.90 Å². The van der Waals surface area contributed by atoms with Gasteiger partial charge in [-0.3, -0.25) is 0 Å². The monoisotopic (exact) mass is 506 g/mol. The summed E-state index contributed by atoms with van der Waals surface area (Å²) in [6.45, 7) is 46.9. The highest BCUT2D eigenvalue weighted by molar-refractivity contribution is 5.24. The average molecular weight is 506 g/mol. The summed E-state index contributed by atoms with van der Waals surface area (Å²) in [6, 6.07) is 1.13. The molecular weight excluding hydrogens is 434 g/mol. The van der Waals surface area contributed by atoms with Crippen molar-refractivity contribution >= 4 is 0 Å². The summed E-state index contributed by atoms with van der Waals surface area (Å²) in [4.78, 5) is 2.61. The van der Waals surface area contributed by atoms with Gasteiger partial charge in [0.15, 0.2) is 0 Å². The van der Waals surface area contributed by atoms with Crippen molar-refractivity contribution in [3.63, 3.8) is 0 Å². The third-order valence-corrected chi connectivity index (χ3v) is 7.47. The molecule has 1 nitrogen and oxygen atoms in total. The highest BCUT2D eigenvalue weighted by Gasteiger charge is 2.28. The summed E-state index contributed by atoms with van der Waals surface area (Å²) < 4.78 is 0. The summed E-state index contributed by atoms with van der Waals surface area (Å²) in [5.41, 5.74) is 6.65. The Bertz CT molecular complexity index is 556. The van der Waals surface area contributed by atoms with E-state index in [1.807, 2.05) is 0 Å². The smallest absolute Gasteiger partial charge is 0.0233 e. The SMILES string of the molecule is CC(C)C(=C(C(C)C)C(C(C)C)C(C)C)C(C)C.CC(C)C(=C(C(C)C)N(C(C)C)C(C)C)C(C)C. The summed E-state index contributed by atoms with van der Waals surface area (Å²) in [5, 5.41) is 0. The normalized spacial score (nSPS) is 12.4. The van der Waals surface area contributed by atoms with E-state index in [4.69, 9.17) is 0 Å². The van der Waals surface area contributed by atoms with Crippen LogP contribution in [0.4, 0.5) is 0 Å². The molecule has 1 heteroatoms. The number of allylic oxidation sites excluding steroid dienone is 4. The van der Waals surface area contributed by atoms with Crippen LogP contribution in [0.25, 0.3) is 0 Å². The molecule has 0 atom stereocenters. The lowest BCUT2D eigenvalue weighted by molar-refractivity contribution is 0.203. The third-order valence-electron chi connectivity index (χ3n) is 7.47. The first kappa shape index (κ1) is 37.4. The molecule has 36 heavy (non-hydrogen) atoms. The molecular formula is C35H71N. The first-order chi connectivity index (χ1) is 16.2. The van der Waals surface area contributed by atoms with E-state index < -0.39 is 0 Å². The maximum absolute atomic E-state index is 2.61. The predicted molar refractivity (Wildman–Crippen MR) is 168 cm³/mol. The van der Waals surface area contributed by atoms with Crippen LogP contribution in [0.1, 0.15) is 138 Å². The fourth-order valence-electron chi connectivity index (χ4n) is 6.92. The van der Waals surface area contributed by atoms with Crippen molar-refractivity contribution in [1.29, 1.82) is 0 Å². The zero-order valence-electron chi connectivity index (χ0n) is 28.8. The second-order valence-electron chi connectivity index (χ2n) is 14.3. The van der Waals surface area contributed by atoms with Gasteiger partial charge in [0.2, 0.25) is 0 Å². The minimum absolute atomic E-state index is 0.565. The van der Waals surface area contributed by atoms with Crippen LogP contribution in [0.2, 0.25) is 0 Å². The Kier molecular flexibility index (Phi) is 17.7. The average Bonchev–Trinajstić information content (AvgIpc) is 2.64. The third kappa shape index (κ3) is 11.3. The van der Waals surface area contributed by atoms with Crippen molar-refractivity contribution in [2.45, 2.75) is 151 Å². The van der Waals surface area contributed by atoms with Crippen LogP contribution in [0.3, 0.4) is 0 Å². The van der Waals surface area contributed by atoms with Crippen LogP contribution in [-0.2, 0) is 0 Å². The number of hydrogen-bond acceptors (Lipinski definition) is 1. The Balaban J connectivity index is 0. The molecule has 0 bridgehead atoms. The van der Waals surface area contributed by atoms with Crippen LogP contribution < -0.4 is 0 Å². The Morgan fingerprint density at radius 3 is 0.778 bits per heavy atom. The number of rotatable bonds is 12. The van der Waals surface area contributed by atoms with Crippen molar-refractivity contribution in [2.24, 2.45) is 53.3 Å². The molecule has 0 amide bonds. The molecule has 0 saturated carbocycles. The summed E-state index contributed by atoms with van der Waals surface area (Å²) >= 11 is 0. The molecule has 0 radical (unpaired) electrons. The Morgan fingerprint density at radius 2 is 0.611 bits per heavy atom. The molecule has 0 saturated heterocycles.